The van der Waals surface area contributed by atoms with Crippen molar-refractivity contribution in [1.29, 1.82) is 0 Å². The standard InChI is InChI=1S/C22H21ClN4O2/c1-13(2)12-27-21-17(11-14-10-15(29-3)8-9-19(14)24-21)20(26-27)25-22(28)16-6-4-5-7-18(16)23/h4-11,13H,12H2,1-3H3,(H,25,26,28). The number of anilines is 1. The molecule has 0 fully saturated rings. The minimum absolute atomic E-state index is 0.308. The summed E-state index contributed by atoms with van der Waals surface area (Å²) in [5, 5.41) is 9.61. The molecule has 2 aromatic heterocycles. The summed E-state index contributed by atoms with van der Waals surface area (Å²) in [6, 6.07) is 14.6. The number of hydrogen-bond donors (Lipinski definition) is 1. The van der Waals surface area contributed by atoms with Gasteiger partial charge in [0.1, 0.15) is 5.75 Å². The number of nitrogens with one attached hydrogen (secondary N) is 1. The normalized spacial score (nSPS) is 11.3. The zero-order chi connectivity index (χ0) is 20.5. The molecule has 148 valence electrons. The fourth-order valence-electron chi connectivity index (χ4n) is 3.25. The van der Waals surface area contributed by atoms with Gasteiger partial charge >= 0.3 is 0 Å². The van der Waals surface area contributed by atoms with Gasteiger partial charge in [0.15, 0.2) is 11.5 Å². The second kappa shape index (κ2) is 7.72. The number of benzene rings is 2. The minimum atomic E-state index is -0.308. The summed E-state index contributed by atoms with van der Waals surface area (Å²) in [7, 11) is 1.63. The third kappa shape index (κ3) is 3.76. The van der Waals surface area contributed by atoms with Gasteiger partial charge in [0, 0.05) is 11.9 Å². The Hall–Kier alpha value is -3.12. The van der Waals surface area contributed by atoms with E-state index < -0.39 is 0 Å². The van der Waals surface area contributed by atoms with Crippen LogP contribution in [0, 0.1) is 5.92 Å². The number of ether oxygens (including phenoxy) is 1. The fraction of sp³-hybridized carbons (Fsp3) is 0.227. The molecule has 4 aromatic rings. The quantitative estimate of drug-likeness (QED) is 0.495. The van der Waals surface area contributed by atoms with E-state index in [1.165, 1.54) is 0 Å². The van der Waals surface area contributed by atoms with Crippen LogP contribution < -0.4 is 10.1 Å². The van der Waals surface area contributed by atoms with E-state index in [1.54, 1.807) is 31.4 Å². The highest BCUT2D eigenvalue weighted by Crippen LogP contribution is 2.29. The van der Waals surface area contributed by atoms with E-state index in [4.69, 9.17) is 21.3 Å². The Labute approximate surface area is 173 Å². The summed E-state index contributed by atoms with van der Waals surface area (Å²) >= 11 is 6.18. The Bertz CT molecular complexity index is 1220. The molecule has 2 heterocycles. The van der Waals surface area contributed by atoms with Gasteiger partial charge in [-0.05, 0) is 42.3 Å². The van der Waals surface area contributed by atoms with Crippen LogP contribution in [0.25, 0.3) is 21.9 Å². The second-order valence-electron chi connectivity index (χ2n) is 7.28. The first-order valence-corrected chi connectivity index (χ1v) is 9.75. The summed E-state index contributed by atoms with van der Waals surface area (Å²) in [5.41, 5.74) is 1.97. The van der Waals surface area contributed by atoms with E-state index in [2.05, 4.69) is 24.3 Å². The van der Waals surface area contributed by atoms with Gasteiger partial charge in [-0.2, -0.15) is 5.10 Å². The van der Waals surface area contributed by atoms with Crippen LogP contribution >= 0.6 is 11.6 Å². The average Bonchev–Trinajstić information content (AvgIpc) is 3.01. The Morgan fingerprint density at radius 2 is 2.00 bits per heavy atom. The van der Waals surface area contributed by atoms with E-state index in [0.717, 1.165) is 27.7 Å². The number of rotatable bonds is 5. The molecule has 0 atom stereocenters. The molecule has 6 nitrogen and oxygen atoms in total. The molecule has 0 saturated carbocycles. The molecule has 0 aliphatic rings. The molecule has 0 aliphatic carbocycles. The maximum Gasteiger partial charge on any atom is 0.258 e. The fourth-order valence-corrected chi connectivity index (χ4v) is 3.47. The lowest BCUT2D eigenvalue weighted by Gasteiger charge is -2.06. The molecule has 29 heavy (non-hydrogen) atoms. The molecular formula is C22H21ClN4O2. The van der Waals surface area contributed by atoms with E-state index in [9.17, 15) is 4.79 Å². The van der Waals surface area contributed by atoms with E-state index in [1.807, 2.05) is 28.9 Å². The molecule has 7 heteroatoms. The number of nitrogens with zero attached hydrogens (tertiary/aromatic N) is 3. The molecule has 0 saturated heterocycles. The van der Waals surface area contributed by atoms with E-state index in [-0.39, 0.29) is 5.91 Å². The molecule has 0 unspecified atom stereocenters. The Balaban J connectivity index is 1.84. The van der Waals surface area contributed by atoms with Crippen LogP contribution in [-0.2, 0) is 6.54 Å². The number of fused-ring (bicyclic) bond motifs is 2. The number of hydrogen-bond acceptors (Lipinski definition) is 4. The Morgan fingerprint density at radius 1 is 1.21 bits per heavy atom. The molecule has 0 aliphatic heterocycles. The second-order valence-corrected chi connectivity index (χ2v) is 7.68. The lowest BCUT2D eigenvalue weighted by Crippen LogP contribution is -2.14. The Kier molecular flexibility index (Phi) is 5.11. The molecule has 0 radical (unpaired) electrons. The summed E-state index contributed by atoms with van der Waals surface area (Å²) in [6.45, 7) is 4.91. The Morgan fingerprint density at radius 3 is 2.72 bits per heavy atom. The van der Waals surface area contributed by atoms with Crippen LogP contribution in [0.1, 0.15) is 24.2 Å². The third-order valence-corrected chi connectivity index (χ3v) is 4.94. The van der Waals surface area contributed by atoms with Gasteiger partial charge in [-0.25, -0.2) is 9.67 Å². The van der Waals surface area contributed by atoms with Crippen molar-refractivity contribution in [2.45, 2.75) is 20.4 Å². The first kappa shape index (κ1) is 19.2. The van der Waals surface area contributed by atoms with Gasteiger partial charge < -0.3 is 10.1 Å². The molecule has 4 rings (SSSR count). The number of carbonyl (C=O) groups excluding carboxylic acids is 1. The zero-order valence-electron chi connectivity index (χ0n) is 16.4. The van der Waals surface area contributed by atoms with Crippen molar-refractivity contribution < 1.29 is 9.53 Å². The smallest absolute Gasteiger partial charge is 0.258 e. The molecule has 1 amide bonds. The van der Waals surface area contributed by atoms with Crippen LogP contribution in [0.2, 0.25) is 5.02 Å². The van der Waals surface area contributed by atoms with Crippen molar-refractivity contribution >= 4 is 45.3 Å². The van der Waals surface area contributed by atoms with Gasteiger partial charge in [0.2, 0.25) is 0 Å². The predicted octanol–water partition coefficient (Wildman–Crippen LogP) is 5.15. The number of pyridine rings is 1. The van der Waals surface area contributed by atoms with Crippen LogP contribution in [0.15, 0.2) is 48.5 Å². The van der Waals surface area contributed by atoms with E-state index >= 15 is 0 Å². The van der Waals surface area contributed by atoms with Gasteiger partial charge in [-0.15, -0.1) is 0 Å². The van der Waals surface area contributed by atoms with Crippen molar-refractivity contribution in [2.75, 3.05) is 12.4 Å². The maximum atomic E-state index is 12.8. The van der Waals surface area contributed by atoms with Crippen LogP contribution in [0.3, 0.4) is 0 Å². The summed E-state index contributed by atoms with van der Waals surface area (Å²) < 4.78 is 7.16. The van der Waals surface area contributed by atoms with E-state index in [0.29, 0.717) is 28.9 Å². The van der Waals surface area contributed by atoms with Crippen molar-refractivity contribution in [1.82, 2.24) is 14.8 Å². The monoisotopic (exact) mass is 408 g/mol. The molecule has 0 bridgehead atoms. The third-order valence-electron chi connectivity index (χ3n) is 4.61. The largest absolute Gasteiger partial charge is 0.497 e. The van der Waals surface area contributed by atoms with Gasteiger partial charge in [-0.1, -0.05) is 37.6 Å². The summed E-state index contributed by atoms with van der Waals surface area (Å²) in [4.78, 5) is 17.6. The SMILES string of the molecule is COc1ccc2nc3c(cc2c1)c(NC(=O)c1ccccc1Cl)nn3CC(C)C. The number of methoxy groups -OCH3 is 1. The lowest BCUT2D eigenvalue weighted by atomic mass is 10.1. The van der Waals surface area contributed by atoms with Crippen molar-refractivity contribution in [3.05, 3.63) is 59.1 Å². The highest BCUT2D eigenvalue weighted by atomic mass is 35.5. The highest BCUT2D eigenvalue weighted by molar-refractivity contribution is 6.34. The molecular weight excluding hydrogens is 388 g/mol. The van der Waals surface area contributed by atoms with Crippen LogP contribution in [-0.4, -0.2) is 27.8 Å². The summed E-state index contributed by atoms with van der Waals surface area (Å²) in [5.74, 6) is 1.27. The van der Waals surface area contributed by atoms with Gasteiger partial charge in [-0.3, -0.25) is 4.79 Å². The van der Waals surface area contributed by atoms with Gasteiger partial charge in [0.25, 0.3) is 5.91 Å². The van der Waals surface area contributed by atoms with Crippen molar-refractivity contribution in [2.24, 2.45) is 5.92 Å². The predicted molar refractivity (Wildman–Crippen MR) is 116 cm³/mol. The van der Waals surface area contributed by atoms with Crippen molar-refractivity contribution in [3.8, 4) is 5.75 Å². The maximum absolute atomic E-state index is 12.8. The number of carbonyl (C=O) groups is 1. The minimum Gasteiger partial charge on any atom is -0.497 e. The van der Waals surface area contributed by atoms with Crippen LogP contribution in [0.5, 0.6) is 5.75 Å². The number of halogens is 1. The number of aromatic nitrogens is 3. The average molecular weight is 409 g/mol. The van der Waals surface area contributed by atoms with Gasteiger partial charge in [0.05, 0.1) is 28.6 Å². The molecule has 1 N–H and O–H groups in total. The van der Waals surface area contributed by atoms with Crippen LogP contribution in [0.4, 0.5) is 5.82 Å². The highest BCUT2D eigenvalue weighted by Gasteiger charge is 2.18. The first-order chi connectivity index (χ1) is 14.0. The summed E-state index contributed by atoms with van der Waals surface area (Å²) in [6.07, 6.45) is 0. The molecule has 0 spiro atoms. The lowest BCUT2D eigenvalue weighted by molar-refractivity contribution is 0.102. The first-order valence-electron chi connectivity index (χ1n) is 9.37. The van der Waals surface area contributed by atoms with Crippen molar-refractivity contribution in [3.63, 3.8) is 0 Å². The zero-order valence-corrected chi connectivity index (χ0v) is 17.2. The topological polar surface area (TPSA) is 69.0 Å². The number of amides is 1. The molecule has 2 aromatic carbocycles.